The van der Waals surface area contributed by atoms with Crippen molar-refractivity contribution >= 4 is 29.3 Å². The minimum atomic E-state index is -0.620. The van der Waals surface area contributed by atoms with Crippen molar-refractivity contribution < 1.29 is 33.4 Å². The molecule has 0 radical (unpaired) electrons. The molecular formula is C39H64N4O7. The van der Waals surface area contributed by atoms with E-state index in [2.05, 4.69) is 17.6 Å². The fourth-order valence-corrected chi connectivity index (χ4v) is 7.44. The topological polar surface area (TPSA) is 134 Å². The largest absolute Gasteiger partial charge is 0.379 e. The summed E-state index contributed by atoms with van der Waals surface area (Å²) >= 11 is 0. The number of Topliss-reactive ketones (excluding diaryl/α,β-unsaturated/α-hetero) is 2. The number of hydrogen-bond donors (Lipinski definition) is 2. The predicted molar refractivity (Wildman–Crippen MR) is 196 cm³/mol. The number of nitrogens with zero attached hydrogens (tertiary/aromatic N) is 2. The van der Waals surface area contributed by atoms with Gasteiger partial charge in [-0.1, -0.05) is 85.2 Å². The van der Waals surface area contributed by atoms with Gasteiger partial charge in [0.2, 0.25) is 17.7 Å². The molecule has 8 atom stereocenters. The summed E-state index contributed by atoms with van der Waals surface area (Å²) in [6.45, 7) is 14.1. The molecule has 1 fully saturated rings. The number of hydrogen-bond acceptors (Lipinski definition) is 8. The summed E-state index contributed by atoms with van der Waals surface area (Å²) in [5, 5.41) is 5.85. The van der Waals surface area contributed by atoms with Crippen LogP contribution in [0.25, 0.3) is 0 Å². The van der Waals surface area contributed by atoms with Crippen LogP contribution in [0.2, 0.25) is 0 Å². The van der Waals surface area contributed by atoms with Crippen LogP contribution >= 0.6 is 0 Å². The minimum absolute atomic E-state index is 0.00866. The SMILES string of the molecule is CC[C@H](C)[C@@H]([C@@H](CC(=O)N1CCC[C@H]1[C@H](OC)[C@@H](C)C(=O)NCC(=O)c1ccccc1)OC)N(C)C(=O)[C@@H](CC(=O)[C@@H](NC)C(C)C)C(C)C. The fourth-order valence-electron chi connectivity index (χ4n) is 7.44. The molecule has 1 aromatic carbocycles. The average molecular weight is 701 g/mol. The van der Waals surface area contributed by atoms with Crippen molar-refractivity contribution in [2.24, 2.45) is 29.6 Å². The van der Waals surface area contributed by atoms with Gasteiger partial charge in [-0.2, -0.15) is 0 Å². The quantitative estimate of drug-likeness (QED) is 0.181. The molecule has 0 bridgehead atoms. The number of methoxy groups -OCH3 is 2. The van der Waals surface area contributed by atoms with E-state index in [9.17, 15) is 24.0 Å². The van der Waals surface area contributed by atoms with Gasteiger partial charge < -0.3 is 29.9 Å². The molecule has 3 amide bonds. The second kappa shape index (κ2) is 20.6. The summed E-state index contributed by atoms with van der Waals surface area (Å²) < 4.78 is 11.9. The lowest BCUT2D eigenvalue weighted by atomic mass is 9.84. The summed E-state index contributed by atoms with van der Waals surface area (Å²) in [6, 6.07) is 7.72. The number of nitrogens with one attached hydrogen (secondary N) is 2. The number of rotatable bonds is 21. The summed E-state index contributed by atoms with van der Waals surface area (Å²) in [5.41, 5.74) is 0.522. The minimum Gasteiger partial charge on any atom is -0.379 e. The number of likely N-dealkylation sites (N-methyl/N-ethyl adjacent to an activating group) is 2. The molecule has 1 aliphatic rings. The Labute approximate surface area is 300 Å². The standard InChI is InChI=1S/C39H64N4O7/c1-12-26(6)36(42(9)39(48)29(24(2)3)21-31(44)35(40-8)25(4)5)33(49-10)22-34(46)43-20-16-19-30(43)37(50-11)27(7)38(47)41-23-32(45)28-17-14-13-15-18-28/h13-15,17-18,24-27,29-30,33,35-37,40H,12,16,19-23H2,1-11H3,(H,41,47)/t26-,27+,29-,30-,33+,35-,36-,37+/m0/s1. The van der Waals surface area contributed by atoms with Gasteiger partial charge in [0.15, 0.2) is 11.6 Å². The van der Waals surface area contributed by atoms with Gasteiger partial charge in [-0.25, -0.2) is 0 Å². The van der Waals surface area contributed by atoms with Crippen LogP contribution in [0.5, 0.6) is 0 Å². The molecule has 50 heavy (non-hydrogen) atoms. The highest BCUT2D eigenvalue weighted by Gasteiger charge is 2.43. The van der Waals surface area contributed by atoms with Crippen LogP contribution in [-0.4, -0.2) is 111 Å². The van der Waals surface area contributed by atoms with E-state index in [0.717, 1.165) is 12.8 Å². The van der Waals surface area contributed by atoms with Gasteiger partial charge in [0.1, 0.15) is 0 Å². The molecule has 1 aliphatic heterocycles. The number of benzene rings is 1. The Morgan fingerprint density at radius 3 is 2.10 bits per heavy atom. The van der Waals surface area contributed by atoms with E-state index < -0.39 is 30.1 Å². The van der Waals surface area contributed by atoms with Crippen molar-refractivity contribution in [3.63, 3.8) is 0 Å². The maximum absolute atomic E-state index is 14.1. The molecule has 1 saturated heterocycles. The zero-order valence-corrected chi connectivity index (χ0v) is 32.4. The van der Waals surface area contributed by atoms with Crippen molar-refractivity contribution in [2.45, 2.75) is 111 Å². The molecule has 0 aromatic heterocycles. The highest BCUT2D eigenvalue weighted by molar-refractivity contribution is 5.99. The Bertz CT molecular complexity index is 1260. The van der Waals surface area contributed by atoms with Crippen LogP contribution < -0.4 is 10.6 Å². The summed E-state index contributed by atoms with van der Waals surface area (Å²) in [4.78, 5) is 70.8. The first kappa shape index (κ1) is 43.0. The van der Waals surface area contributed by atoms with Crippen LogP contribution in [0.15, 0.2) is 30.3 Å². The predicted octanol–water partition coefficient (Wildman–Crippen LogP) is 4.38. The van der Waals surface area contributed by atoms with Crippen molar-refractivity contribution in [3.05, 3.63) is 35.9 Å². The van der Waals surface area contributed by atoms with Crippen molar-refractivity contribution in [3.8, 4) is 0 Å². The fraction of sp³-hybridized carbons (Fsp3) is 0.718. The van der Waals surface area contributed by atoms with Gasteiger partial charge in [0.25, 0.3) is 0 Å². The molecule has 2 N–H and O–H groups in total. The lowest BCUT2D eigenvalue weighted by molar-refractivity contribution is -0.149. The van der Waals surface area contributed by atoms with Gasteiger partial charge >= 0.3 is 0 Å². The van der Waals surface area contributed by atoms with E-state index in [1.807, 2.05) is 40.7 Å². The van der Waals surface area contributed by atoms with E-state index in [4.69, 9.17) is 9.47 Å². The molecule has 0 aliphatic carbocycles. The van der Waals surface area contributed by atoms with E-state index in [1.54, 1.807) is 62.2 Å². The highest BCUT2D eigenvalue weighted by atomic mass is 16.5. The number of likely N-dealkylation sites (tertiary alicyclic amines) is 1. The third-order valence-electron chi connectivity index (χ3n) is 10.6. The number of carbonyl (C=O) groups is 5. The van der Waals surface area contributed by atoms with E-state index in [1.165, 1.54) is 7.11 Å². The Kier molecular flexibility index (Phi) is 17.8. The first-order chi connectivity index (χ1) is 23.6. The third kappa shape index (κ3) is 11.2. The first-order valence-electron chi connectivity index (χ1n) is 18.3. The van der Waals surface area contributed by atoms with E-state index >= 15 is 0 Å². The molecule has 0 saturated carbocycles. The molecule has 1 heterocycles. The molecule has 2 rings (SSSR count). The Morgan fingerprint density at radius 2 is 1.58 bits per heavy atom. The number of carbonyl (C=O) groups excluding carboxylic acids is 5. The van der Waals surface area contributed by atoms with E-state index in [0.29, 0.717) is 18.5 Å². The summed E-state index contributed by atoms with van der Waals surface area (Å²) in [7, 11) is 6.64. The Hall–Kier alpha value is -3.15. The molecule has 11 heteroatoms. The Morgan fingerprint density at radius 1 is 0.940 bits per heavy atom. The lowest BCUT2D eigenvalue weighted by Crippen LogP contribution is -2.54. The monoisotopic (exact) mass is 700 g/mol. The van der Waals surface area contributed by atoms with Gasteiger partial charge in [0.05, 0.1) is 49.2 Å². The molecular weight excluding hydrogens is 636 g/mol. The molecule has 11 nitrogen and oxygen atoms in total. The number of amides is 3. The van der Waals surface area contributed by atoms with Crippen LogP contribution in [-0.2, 0) is 28.7 Å². The lowest BCUT2D eigenvalue weighted by Gasteiger charge is -2.41. The second-order valence-corrected chi connectivity index (χ2v) is 14.6. The van der Waals surface area contributed by atoms with Gasteiger partial charge in [0, 0.05) is 45.7 Å². The Balaban J connectivity index is 2.22. The van der Waals surface area contributed by atoms with Gasteiger partial charge in [-0.05, 0) is 37.6 Å². The van der Waals surface area contributed by atoms with Crippen molar-refractivity contribution in [1.82, 2.24) is 20.4 Å². The van der Waals surface area contributed by atoms with Crippen LogP contribution in [0, 0.1) is 29.6 Å². The average Bonchev–Trinajstić information content (AvgIpc) is 3.58. The summed E-state index contributed by atoms with van der Waals surface area (Å²) in [6.07, 6.45) is 1.19. The molecule has 0 unspecified atom stereocenters. The number of ketones is 2. The molecule has 282 valence electrons. The zero-order valence-electron chi connectivity index (χ0n) is 32.4. The molecule has 1 aromatic rings. The highest BCUT2D eigenvalue weighted by Crippen LogP contribution is 2.30. The van der Waals surface area contributed by atoms with Crippen LogP contribution in [0.4, 0.5) is 0 Å². The normalized spacial score (nSPS) is 19.0. The third-order valence-corrected chi connectivity index (χ3v) is 10.6. The first-order valence-corrected chi connectivity index (χ1v) is 18.3. The van der Waals surface area contributed by atoms with E-state index in [-0.39, 0.29) is 78.5 Å². The number of ether oxygens (including phenoxy) is 2. The van der Waals surface area contributed by atoms with Crippen LogP contribution in [0.1, 0.15) is 90.9 Å². The van der Waals surface area contributed by atoms with Crippen molar-refractivity contribution in [2.75, 3.05) is 41.4 Å². The maximum atomic E-state index is 14.1. The zero-order chi connectivity index (χ0) is 37.7. The smallest absolute Gasteiger partial charge is 0.226 e. The van der Waals surface area contributed by atoms with Gasteiger partial charge in [-0.15, -0.1) is 0 Å². The van der Waals surface area contributed by atoms with Crippen molar-refractivity contribution in [1.29, 1.82) is 0 Å². The maximum Gasteiger partial charge on any atom is 0.226 e. The summed E-state index contributed by atoms with van der Waals surface area (Å²) in [5.74, 6) is -1.85. The van der Waals surface area contributed by atoms with Crippen LogP contribution in [0.3, 0.4) is 0 Å². The molecule has 0 spiro atoms. The van der Waals surface area contributed by atoms with Gasteiger partial charge in [-0.3, -0.25) is 24.0 Å². The second-order valence-electron chi connectivity index (χ2n) is 14.6.